The van der Waals surface area contributed by atoms with Gasteiger partial charge in [0.15, 0.2) is 6.10 Å². The van der Waals surface area contributed by atoms with Gasteiger partial charge in [-0.25, -0.2) is 8.42 Å². The van der Waals surface area contributed by atoms with Crippen molar-refractivity contribution in [1.29, 1.82) is 0 Å². The number of benzene rings is 2. The molecule has 2 atom stereocenters. The zero-order valence-corrected chi connectivity index (χ0v) is 17.9. The van der Waals surface area contributed by atoms with E-state index in [9.17, 15) is 18.0 Å². The summed E-state index contributed by atoms with van der Waals surface area (Å²) in [5, 5.41) is 5.58. The number of nitrogens with one attached hydrogen (secondary N) is 2. The number of rotatable bonds is 6. The molecule has 0 saturated carbocycles. The highest BCUT2D eigenvalue weighted by molar-refractivity contribution is 7.92. The van der Waals surface area contributed by atoms with Crippen LogP contribution in [0.25, 0.3) is 0 Å². The number of carbonyl (C=O) groups excluding carboxylic acids is 2. The Hall–Kier alpha value is -3.07. The fourth-order valence-corrected chi connectivity index (χ4v) is 3.97. The third-order valence-corrected chi connectivity index (χ3v) is 5.99. The van der Waals surface area contributed by atoms with Crippen molar-refractivity contribution in [1.82, 2.24) is 5.32 Å². The highest BCUT2D eigenvalue weighted by Crippen LogP contribution is 2.34. The van der Waals surface area contributed by atoms with Crippen LogP contribution >= 0.6 is 0 Å². The Bertz CT molecular complexity index is 1050. The van der Waals surface area contributed by atoms with Gasteiger partial charge in [0.2, 0.25) is 10.0 Å². The quantitative estimate of drug-likeness (QED) is 0.731. The lowest BCUT2D eigenvalue weighted by Gasteiger charge is -2.33. The predicted octanol–water partition coefficient (Wildman–Crippen LogP) is 2.38. The molecule has 160 valence electrons. The smallest absolute Gasteiger partial charge is 0.267 e. The van der Waals surface area contributed by atoms with Crippen molar-refractivity contribution in [2.24, 2.45) is 0 Å². The van der Waals surface area contributed by atoms with Gasteiger partial charge < -0.3 is 15.4 Å². The molecule has 2 N–H and O–H groups in total. The lowest BCUT2D eigenvalue weighted by Crippen LogP contribution is -2.48. The molecule has 1 aliphatic heterocycles. The first-order valence-electron chi connectivity index (χ1n) is 9.65. The van der Waals surface area contributed by atoms with Crippen molar-refractivity contribution in [3.05, 3.63) is 54.1 Å². The monoisotopic (exact) mass is 431 g/mol. The molecular weight excluding hydrogens is 406 g/mol. The van der Waals surface area contributed by atoms with Crippen LogP contribution in [0.3, 0.4) is 0 Å². The Morgan fingerprint density at radius 2 is 1.83 bits per heavy atom. The van der Waals surface area contributed by atoms with Crippen LogP contribution in [0.5, 0.6) is 5.75 Å². The highest BCUT2D eigenvalue weighted by atomic mass is 32.2. The number of carbonyl (C=O) groups is 2. The Labute approximate surface area is 176 Å². The molecule has 0 spiro atoms. The van der Waals surface area contributed by atoms with Gasteiger partial charge in [-0.05, 0) is 37.6 Å². The zero-order valence-electron chi connectivity index (χ0n) is 17.1. The first-order valence-corrected chi connectivity index (χ1v) is 11.5. The number of hydrogen-bond donors (Lipinski definition) is 2. The van der Waals surface area contributed by atoms with Crippen LogP contribution in [0.1, 0.15) is 30.6 Å². The molecule has 0 aromatic heterocycles. The van der Waals surface area contributed by atoms with Crippen LogP contribution in [-0.2, 0) is 14.8 Å². The second kappa shape index (κ2) is 8.74. The summed E-state index contributed by atoms with van der Waals surface area (Å²) in [6.45, 7) is 3.69. The number of nitrogens with zero attached hydrogens (tertiary/aromatic N) is 1. The van der Waals surface area contributed by atoms with Gasteiger partial charge in [0.1, 0.15) is 5.75 Å². The third kappa shape index (κ3) is 4.73. The zero-order chi connectivity index (χ0) is 21.9. The average Bonchev–Trinajstić information content (AvgIpc) is 2.72. The van der Waals surface area contributed by atoms with Crippen molar-refractivity contribution >= 4 is 33.2 Å². The second-order valence-electron chi connectivity index (χ2n) is 7.19. The van der Waals surface area contributed by atoms with Gasteiger partial charge in [-0.3, -0.25) is 13.9 Å². The molecule has 3 rings (SSSR count). The van der Waals surface area contributed by atoms with Gasteiger partial charge in [0.05, 0.1) is 29.7 Å². The average molecular weight is 432 g/mol. The molecule has 2 aromatic rings. The fourth-order valence-electron chi connectivity index (χ4n) is 3.06. The van der Waals surface area contributed by atoms with Crippen LogP contribution in [0, 0.1) is 0 Å². The standard InChI is InChI=1S/C21H25N3O5S/c1-4-14(2)22-20(25)15-9-5-6-10-16(15)23-21(26)19-13-24(30(3,27)28)17-11-7-8-12-18(17)29-19/h5-12,14,19H,4,13H2,1-3H3,(H,22,25)(H,23,26)/t14-,19+/m1/s1. The van der Waals surface area contributed by atoms with E-state index < -0.39 is 22.0 Å². The van der Waals surface area contributed by atoms with Crippen molar-refractivity contribution in [3.63, 3.8) is 0 Å². The number of sulfonamides is 1. The minimum atomic E-state index is -3.61. The summed E-state index contributed by atoms with van der Waals surface area (Å²) >= 11 is 0. The van der Waals surface area contributed by atoms with E-state index in [0.717, 1.165) is 17.0 Å². The molecule has 0 unspecified atom stereocenters. The lowest BCUT2D eigenvalue weighted by atomic mass is 10.1. The lowest BCUT2D eigenvalue weighted by molar-refractivity contribution is -0.122. The van der Waals surface area contributed by atoms with Gasteiger partial charge in [-0.15, -0.1) is 0 Å². The van der Waals surface area contributed by atoms with Gasteiger partial charge in [-0.1, -0.05) is 31.2 Å². The molecule has 2 amide bonds. The van der Waals surface area contributed by atoms with E-state index in [2.05, 4.69) is 10.6 Å². The van der Waals surface area contributed by atoms with Crippen LogP contribution < -0.4 is 19.7 Å². The largest absolute Gasteiger partial charge is 0.476 e. The number of fused-ring (bicyclic) bond motifs is 1. The number of ether oxygens (including phenoxy) is 1. The maximum atomic E-state index is 12.9. The summed E-state index contributed by atoms with van der Waals surface area (Å²) in [7, 11) is -3.61. The van der Waals surface area contributed by atoms with E-state index in [0.29, 0.717) is 22.7 Å². The first kappa shape index (κ1) is 21.6. The SMILES string of the molecule is CC[C@@H](C)NC(=O)c1ccccc1NC(=O)[C@@H]1CN(S(C)(=O)=O)c2ccccc2O1. The molecule has 0 radical (unpaired) electrons. The van der Waals surface area contributed by atoms with Crippen molar-refractivity contribution in [3.8, 4) is 5.75 Å². The molecule has 0 fully saturated rings. The van der Waals surface area contributed by atoms with Crippen LogP contribution in [-0.4, -0.2) is 45.2 Å². The van der Waals surface area contributed by atoms with Crippen molar-refractivity contribution in [2.45, 2.75) is 32.4 Å². The Morgan fingerprint density at radius 1 is 1.17 bits per heavy atom. The molecule has 0 bridgehead atoms. The highest BCUT2D eigenvalue weighted by Gasteiger charge is 2.35. The molecule has 1 aliphatic rings. The second-order valence-corrected chi connectivity index (χ2v) is 9.09. The summed E-state index contributed by atoms with van der Waals surface area (Å²) in [5.74, 6) is -0.535. The molecule has 0 saturated heterocycles. The predicted molar refractivity (Wildman–Crippen MR) is 115 cm³/mol. The van der Waals surface area contributed by atoms with Crippen LogP contribution in [0.4, 0.5) is 11.4 Å². The van der Waals surface area contributed by atoms with Gasteiger partial charge in [-0.2, -0.15) is 0 Å². The number of anilines is 2. The molecule has 1 heterocycles. The number of para-hydroxylation sites is 3. The van der Waals surface area contributed by atoms with E-state index in [1.807, 2.05) is 13.8 Å². The van der Waals surface area contributed by atoms with Gasteiger partial charge >= 0.3 is 0 Å². The van der Waals surface area contributed by atoms with E-state index >= 15 is 0 Å². The summed E-state index contributed by atoms with van der Waals surface area (Å²) in [6, 6.07) is 13.3. The third-order valence-electron chi connectivity index (χ3n) is 4.85. The minimum absolute atomic E-state index is 0.0113. The maximum Gasteiger partial charge on any atom is 0.267 e. The maximum absolute atomic E-state index is 12.9. The molecule has 0 aliphatic carbocycles. The normalized spacial score (nSPS) is 16.8. The van der Waals surface area contributed by atoms with E-state index in [1.165, 1.54) is 0 Å². The molecule has 9 heteroatoms. The van der Waals surface area contributed by atoms with Crippen LogP contribution in [0.15, 0.2) is 48.5 Å². The Morgan fingerprint density at radius 3 is 2.53 bits per heavy atom. The summed E-state index contributed by atoms with van der Waals surface area (Å²) in [5.41, 5.74) is 1.04. The first-order chi connectivity index (χ1) is 14.2. The van der Waals surface area contributed by atoms with Crippen molar-refractivity contribution in [2.75, 3.05) is 22.4 Å². The summed E-state index contributed by atoms with van der Waals surface area (Å²) in [6.07, 6.45) is 0.788. The minimum Gasteiger partial charge on any atom is -0.476 e. The topological polar surface area (TPSA) is 105 Å². The number of hydrogen-bond acceptors (Lipinski definition) is 5. The van der Waals surface area contributed by atoms with E-state index in [4.69, 9.17) is 4.74 Å². The molecule has 30 heavy (non-hydrogen) atoms. The molecule has 8 nitrogen and oxygen atoms in total. The van der Waals surface area contributed by atoms with Gasteiger partial charge in [0.25, 0.3) is 11.8 Å². The summed E-state index contributed by atoms with van der Waals surface area (Å²) in [4.78, 5) is 25.5. The van der Waals surface area contributed by atoms with Gasteiger partial charge in [0, 0.05) is 6.04 Å². The van der Waals surface area contributed by atoms with E-state index in [-0.39, 0.29) is 18.5 Å². The summed E-state index contributed by atoms with van der Waals surface area (Å²) < 4.78 is 31.4. The fraction of sp³-hybridized carbons (Fsp3) is 0.333. The Balaban J connectivity index is 1.83. The van der Waals surface area contributed by atoms with E-state index in [1.54, 1.807) is 48.5 Å². The van der Waals surface area contributed by atoms with Crippen LogP contribution in [0.2, 0.25) is 0 Å². The molecular formula is C21H25N3O5S. The number of amides is 2. The Kier molecular flexibility index (Phi) is 6.31. The van der Waals surface area contributed by atoms with Crippen molar-refractivity contribution < 1.29 is 22.7 Å². The molecule has 2 aromatic carbocycles.